The minimum absolute atomic E-state index is 0.104. The van der Waals surface area contributed by atoms with Crippen molar-refractivity contribution in [2.75, 3.05) is 5.32 Å². The number of aryl methyl sites for hydroxylation is 1. The van der Waals surface area contributed by atoms with Crippen molar-refractivity contribution in [1.29, 1.82) is 0 Å². The van der Waals surface area contributed by atoms with Gasteiger partial charge in [-0.1, -0.05) is 17.4 Å². The molecule has 0 aliphatic rings. The van der Waals surface area contributed by atoms with Crippen molar-refractivity contribution in [2.24, 2.45) is 0 Å². The molecule has 6 nitrogen and oxygen atoms in total. The molecular formula is C19H14F2N4O2S. The molecule has 0 bridgehead atoms. The number of halogens is 2. The van der Waals surface area contributed by atoms with E-state index in [1.54, 1.807) is 0 Å². The molecule has 2 heterocycles. The second kappa shape index (κ2) is 7.35. The summed E-state index contributed by atoms with van der Waals surface area (Å²) >= 11 is 1.38. The summed E-state index contributed by atoms with van der Waals surface area (Å²) < 4.78 is 34.1. The van der Waals surface area contributed by atoms with Crippen molar-refractivity contribution < 1.29 is 18.3 Å². The highest BCUT2D eigenvalue weighted by molar-refractivity contribution is 7.22. The molecule has 0 saturated heterocycles. The Kier molecular flexibility index (Phi) is 4.74. The molecule has 1 amide bonds. The first kappa shape index (κ1) is 18.1. The van der Waals surface area contributed by atoms with E-state index in [1.165, 1.54) is 34.3 Å². The number of fused-ring (bicyclic) bond motifs is 1. The van der Waals surface area contributed by atoms with E-state index < -0.39 is 17.5 Å². The Labute approximate surface area is 162 Å². The van der Waals surface area contributed by atoms with Gasteiger partial charge in [0.2, 0.25) is 0 Å². The molecule has 4 aromatic rings. The maximum absolute atomic E-state index is 13.6. The molecule has 0 fully saturated rings. The second-order valence-corrected chi connectivity index (χ2v) is 7.06. The van der Waals surface area contributed by atoms with Crippen molar-refractivity contribution in [2.45, 2.75) is 13.7 Å². The minimum atomic E-state index is -0.809. The molecule has 142 valence electrons. The Bertz CT molecular complexity index is 1170. The topological polar surface area (TPSA) is 69.0 Å². The molecule has 0 atom stereocenters. The number of rotatable bonds is 5. The smallest absolute Gasteiger partial charge is 0.277 e. The van der Waals surface area contributed by atoms with Crippen molar-refractivity contribution in [1.82, 2.24) is 14.8 Å². The average Bonchev–Trinajstić information content (AvgIpc) is 3.27. The van der Waals surface area contributed by atoms with E-state index in [0.717, 1.165) is 27.9 Å². The molecule has 0 saturated carbocycles. The highest BCUT2D eigenvalue weighted by Gasteiger charge is 2.13. The van der Waals surface area contributed by atoms with Crippen LogP contribution >= 0.6 is 11.3 Å². The monoisotopic (exact) mass is 400 g/mol. The Morgan fingerprint density at radius 2 is 2.07 bits per heavy atom. The van der Waals surface area contributed by atoms with Gasteiger partial charge in [-0.15, -0.1) is 0 Å². The van der Waals surface area contributed by atoms with Gasteiger partial charge in [-0.25, -0.2) is 18.4 Å². The number of thiazole rings is 1. The van der Waals surface area contributed by atoms with Gasteiger partial charge in [0, 0.05) is 12.3 Å². The highest BCUT2D eigenvalue weighted by Crippen LogP contribution is 2.27. The lowest BCUT2D eigenvalue weighted by Gasteiger charge is -2.07. The molecule has 1 N–H and O–H groups in total. The second-order valence-electron chi connectivity index (χ2n) is 6.03. The zero-order valence-electron chi connectivity index (χ0n) is 14.6. The maximum Gasteiger partial charge on any atom is 0.277 e. The van der Waals surface area contributed by atoms with Gasteiger partial charge < -0.3 is 4.74 Å². The summed E-state index contributed by atoms with van der Waals surface area (Å²) in [6.07, 6.45) is 1.53. The number of carbonyl (C=O) groups is 1. The molecule has 0 unspecified atom stereocenters. The molecular weight excluding hydrogens is 386 g/mol. The Hall–Kier alpha value is -3.33. The lowest BCUT2D eigenvalue weighted by Crippen LogP contribution is -2.14. The summed E-state index contributed by atoms with van der Waals surface area (Å²) in [5, 5.41) is 7.29. The summed E-state index contributed by atoms with van der Waals surface area (Å²) in [5.41, 5.74) is 2.09. The number of benzene rings is 2. The van der Waals surface area contributed by atoms with E-state index in [2.05, 4.69) is 15.4 Å². The summed E-state index contributed by atoms with van der Waals surface area (Å²) in [7, 11) is 0. The summed E-state index contributed by atoms with van der Waals surface area (Å²) in [5.74, 6) is -2.01. The third-order valence-corrected chi connectivity index (χ3v) is 4.82. The number of carbonyl (C=O) groups excluding carboxylic acids is 1. The zero-order chi connectivity index (χ0) is 19.7. The van der Waals surface area contributed by atoms with E-state index in [1.807, 2.05) is 25.1 Å². The Morgan fingerprint density at radius 1 is 1.21 bits per heavy atom. The molecule has 0 aliphatic carbocycles. The van der Waals surface area contributed by atoms with Crippen LogP contribution < -0.4 is 10.1 Å². The highest BCUT2D eigenvalue weighted by atomic mass is 32.1. The number of aromatic nitrogens is 3. The molecule has 9 heteroatoms. The number of nitrogens with zero attached hydrogens (tertiary/aromatic N) is 3. The number of ether oxygens (including phenoxy) is 1. The Balaban J connectivity index is 1.42. The lowest BCUT2D eigenvalue weighted by atomic mass is 10.2. The number of amides is 1. The quantitative estimate of drug-likeness (QED) is 0.540. The van der Waals surface area contributed by atoms with Crippen molar-refractivity contribution in [3.63, 3.8) is 0 Å². The number of hydrogen-bond donors (Lipinski definition) is 1. The van der Waals surface area contributed by atoms with Gasteiger partial charge in [-0.2, -0.15) is 5.10 Å². The van der Waals surface area contributed by atoms with Crippen LogP contribution in [0.3, 0.4) is 0 Å². The zero-order valence-corrected chi connectivity index (χ0v) is 15.5. The molecule has 28 heavy (non-hydrogen) atoms. The van der Waals surface area contributed by atoms with Crippen LogP contribution in [-0.2, 0) is 6.73 Å². The fraction of sp³-hybridized carbons (Fsp3) is 0.105. The van der Waals surface area contributed by atoms with Crippen LogP contribution in [-0.4, -0.2) is 20.7 Å². The predicted octanol–water partition coefficient (Wildman–Crippen LogP) is 4.37. The van der Waals surface area contributed by atoms with Gasteiger partial charge >= 0.3 is 0 Å². The largest absolute Gasteiger partial charge is 0.468 e. The maximum atomic E-state index is 13.6. The predicted molar refractivity (Wildman–Crippen MR) is 102 cm³/mol. The van der Waals surface area contributed by atoms with Gasteiger partial charge in [0.1, 0.15) is 5.82 Å². The van der Waals surface area contributed by atoms with E-state index in [9.17, 15) is 13.6 Å². The summed E-state index contributed by atoms with van der Waals surface area (Å²) in [6.45, 7) is 1.86. The van der Waals surface area contributed by atoms with E-state index >= 15 is 0 Å². The molecule has 4 rings (SSSR count). The van der Waals surface area contributed by atoms with Crippen LogP contribution in [0.5, 0.6) is 5.75 Å². The number of nitrogens with one attached hydrogen (secondary N) is 1. The summed E-state index contributed by atoms with van der Waals surface area (Å²) in [6, 6.07) is 10.4. The number of anilines is 1. The van der Waals surface area contributed by atoms with Crippen LogP contribution in [0.2, 0.25) is 0 Å². The van der Waals surface area contributed by atoms with Gasteiger partial charge in [0.15, 0.2) is 29.1 Å². The first-order chi connectivity index (χ1) is 13.5. The first-order valence-corrected chi connectivity index (χ1v) is 9.09. The van der Waals surface area contributed by atoms with E-state index in [4.69, 9.17) is 4.74 Å². The minimum Gasteiger partial charge on any atom is -0.468 e. The fourth-order valence-electron chi connectivity index (χ4n) is 2.53. The molecule has 0 aliphatic heterocycles. The standard InChI is InChI=1S/C19H14F2N4O2S/c1-11-2-4-14-17(8-11)28-19(22-14)23-18(26)15-6-7-25(24-15)10-27-16-5-3-12(20)9-13(16)21/h2-9H,10H2,1H3,(H,22,23,26). The molecule has 0 spiro atoms. The normalized spacial score (nSPS) is 11.0. The van der Waals surface area contributed by atoms with E-state index in [-0.39, 0.29) is 18.2 Å². The van der Waals surface area contributed by atoms with Crippen molar-refractivity contribution in [3.8, 4) is 5.75 Å². The van der Waals surface area contributed by atoms with Crippen LogP contribution in [0.1, 0.15) is 16.1 Å². The fourth-order valence-corrected chi connectivity index (χ4v) is 3.49. The van der Waals surface area contributed by atoms with E-state index in [0.29, 0.717) is 5.13 Å². The average molecular weight is 400 g/mol. The number of hydrogen-bond acceptors (Lipinski definition) is 5. The van der Waals surface area contributed by atoms with Crippen LogP contribution in [0.25, 0.3) is 10.2 Å². The van der Waals surface area contributed by atoms with Crippen LogP contribution in [0, 0.1) is 18.6 Å². The van der Waals surface area contributed by atoms with Gasteiger partial charge in [0.25, 0.3) is 5.91 Å². The SMILES string of the molecule is Cc1ccc2nc(NC(=O)c3ccn(COc4ccc(F)cc4F)n3)sc2c1. The Morgan fingerprint density at radius 3 is 2.89 bits per heavy atom. The van der Waals surface area contributed by atoms with Gasteiger partial charge in [-0.05, 0) is 42.8 Å². The molecule has 2 aromatic carbocycles. The molecule has 2 aromatic heterocycles. The lowest BCUT2D eigenvalue weighted by molar-refractivity contribution is 0.102. The third kappa shape index (κ3) is 3.84. The van der Waals surface area contributed by atoms with Gasteiger partial charge in [0.05, 0.1) is 10.2 Å². The third-order valence-electron chi connectivity index (χ3n) is 3.88. The van der Waals surface area contributed by atoms with Crippen molar-refractivity contribution in [3.05, 3.63) is 71.6 Å². The first-order valence-electron chi connectivity index (χ1n) is 8.28. The van der Waals surface area contributed by atoms with Gasteiger partial charge in [-0.3, -0.25) is 10.1 Å². The molecule has 0 radical (unpaired) electrons. The van der Waals surface area contributed by atoms with Crippen molar-refractivity contribution >= 4 is 32.6 Å². The summed E-state index contributed by atoms with van der Waals surface area (Å²) in [4.78, 5) is 16.7. The van der Waals surface area contributed by atoms with Crippen LogP contribution in [0.4, 0.5) is 13.9 Å². The van der Waals surface area contributed by atoms with Crippen LogP contribution in [0.15, 0.2) is 48.7 Å².